The van der Waals surface area contributed by atoms with E-state index in [4.69, 9.17) is 24.4 Å². The molecule has 0 aliphatic heterocycles. The van der Waals surface area contributed by atoms with Crippen LogP contribution in [-0.4, -0.2) is 60.8 Å². The normalized spacial score (nSPS) is 12.6. The third-order valence-corrected chi connectivity index (χ3v) is 2.50. The first-order chi connectivity index (χ1) is 10.9. The largest absolute Gasteiger partial charge is 0.466 e. The Hall–Kier alpha value is -1.18. The zero-order valence-electron chi connectivity index (χ0n) is 14.7. The summed E-state index contributed by atoms with van der Waals surface area (Å²) in [6, 6.07) is 0. The van der Waals surface area contributed by atoms with E-state index in [2.05, 4.69) is 0 Å². The Balaban J connectivity index is 0. The van der Waals surface area contributed by atoms with Gasteiger partial charge in [0.2, 0.25) is 0 Å². The van der Waals surface area contributed by atoms with E-state index >= 15 is 0 Å². The molecule has 0 bridgehead atoms. The van der Waals surface area contributed by atoms with Gasteiger partial charge in [-0.3, -0.25) is 9.59 Å². The van der Waals surface area contributed by atoms with Gasteiger partial charge in [0.25, 0.3) is 0 Å². The minimum atomic E-state index is -0.445. The number of aliphatic hydroxyl groups is 2. The van der Waals surface area contributed by atoms with Crippen LogP contribution in [0.3, 0.4) is 0 Å². The van der Waals surface area contributed by atoms with Gasteiger partial charge in [-0.1, -0.05) is 0 Å². The van der Waals surface area contributed by atoms with Crippen LogP contribution < -0.4 is 0 Å². The van der Waals surface area contributed by atoms with Crippen LogP contribution in [0.4, 0.5) is 0 Å². The zero-order chi connectivity index (χ0) is 18.1. The van der Waals surface area contributed by atoms with Crippen molar-refractivity contribution in [3.05, 3.63) is 0 Å². The number of unbranched alkanes of at least 4 members (excludes halogenated alkanes) is 1. The van der Waals surface area contributed by atoms with Crippen LogP contribution >= 0.6 is 0 Å². The maximum absolute atomic E-state index is 10.9. The van der Waals surface area contributed by atoms with Crippen molar-refractivity contribution < 1.29 is 34.0 Å². The van der Waals surface area contributed by atoms with Crippen molar-refractivity contribution in [1.82, 2.24) is 0 Å². The molecule has 0 aromatic heterocycles. The molecule has 0 saturated carbocycles. The van der Waals surface area contributed by atoms with E-state index in [1.807, 2.05) is 0 Å². The third kappa shape index (κ3) is 20.8. The first-order valence-corrected chi connectivity index (χ1v) is 8.09. The van der Waals surface area contributed by atoms with E-state index < -0.39 is 6.10 Å². The van der Waals surface area contributed by atoms with E-state index in [-0.39, 0.29) is 24.6 Å². The SMILES string of the molecule is CC(O)COC(C)CO.CCOC(=O)CCCCC(=O)OCC. The fourth-order valence-electron chi connectivity index (χ4n) is 1.36. The lowest BCUT2D eigenvalue weighted by molar-refractivity contribution is -0.145. The first-order valence-electron chi connectivity index (χ1n) is 8.09. The fourth-order valence-corrected chi connectivity index (χ4v) is 1.36. The first kappa shape index (κ1) is 24.1. The Kier molecular flexibility index (Phi) is 18.0. The molecule has 2 N–H and O–H groups in total. The molecule has 0 rings (SSSR count). The number of ether oxygens (including phenoxy) is 3. The smallest absolute Gasteiger partial charge is 0.305 e. The van der Waals surface area contributed by atoms with Crippen molar-refractivity contribution in [2.45, 2.75) is 65.6 Å². The van der Waals surface area contributed by atoms with Gasteiger partial charge in [0.15, 0.2) is 0 Å². The van der Waals surface area contributed by atoms with Crippen molar-refractivity contribution in [1.29, 1.82) is 0 Å². The summed E-state index contributed by atoms with van der Waals surface area (Å²) in [5, 5.41) is 17.1. The molecule has 0 fully saturated rings. The second-order valence-corrected chi connectivity index (χ2v) is 4.99. The second kappa shape index (κ2) is 17.2. The van der Waals surface area contributed by atoms with Gasteiger partial charge < -0.3 is 24.4 Å². The minimum absolute atomic E-state index is 0.00667. The number of esters is 2. The summed E-state index contributed by atoms with van der Waals surface area (Å²) in [5.41, 5.74) is 0. The van der Waals surface area contributed by atoms with Gasteiger partial charge in [-0.15, -0.1) is 0 Å². The lowest BCUT2D eigenvalue weighted by Gasteiger charge is -2.10. The monoisotopic (exact) mass is 336 g/mol. The number of aliphatic hydroxyl groups excluding tert-OH is 2. The molecule has 0 aromatic carbocycles. The Bertz CT molecular complexity index is 272. The van der Waals surface area contributed by atoms with Gasteiger partial charge in [0, 0.05) is 12.8 Å². The molecule has 0 radical (unpaired) electrons. The molecule has 0 spiro atoms. The topological polar surface area (TPSA) is 102 Å². The van der Waals surface area contributed by atoms with Crippen LogP contribution in [0.15, 0.2) is 0 Å². The van der Waals surface area contributed by atoms with Gasteiger partial charge in [0.1, 0.15) is 0 Å². The van der Waals surface area contributed by atoms with Crippen LogP contribution in [0.5, 0.6) is 0 Å². The molecular formula is C16H32O7. The van der Waals surface area contributed by atoms with Crippen LogP contribution in [0.2, 0.25) is 0 Å². The highest BCUT2D eigenvalue weighted by atomic mass is 16.5. The standard InChI is InChI=1S/C10H18O4.C6H14O3/c1-3-13-9(11)7-5-6-8-10(12)14-4-2;1-5(8)4-9-6(2)3-7/h3-8H2,1-2H3;5-8H,3-4H2,1-2H3. The van der Waals surface area contributed by atoms with Gasteiger partial charge in [-0.05, 0) is 40.5 Å². The highest BCUT2D eigenvalue weighted by Crippen LogP contribution is 2.02. The van der Waals surface area contributed by atoms with E-state index in [0.29, 0.717) is 45.5 Å². The van der Waals surface area contributed by atoms with Crippen LogP contribution in [-0.2, 0) is 23.8 Å². The Morgan fingerprint density at radius 3 is 1.70 bits per heavy atom. The number of carbonyl (C=O) groups excluding carboxylic acids is 2. The Morgan fingerprint density at radius 1 is 0.957 bits per heavy atom. The van der Waals surface area contributed by atoms with Crippen LogP contribution in [0, 0.1) is 0 Å². The molecule has 2 atom stereocenters. The average molecular weight is 336 g/mol. The molecule has 7 nitrogen and oxygen atoms in total. The van der Waals surface area contributed by atoms with E-state index in [1.165, 1.54) is 0 Å². The van der Waals surface area contributed by atoms with Crippen molar-refractivity contribution in [3.8, 4) is 0 Å². The summed E-state index contributed by atoms with van der Waals surface area (Å²) in [5.74, 6) is -0.396. The van der Waals surface area contributed by atoms with Crippen LogP contribution in [0.1, 0.15) is 53.4 Å². The number of rotatable bonds is 11. The molecule has 0 aromatic rings. The highest BCUT2D eigenvalue weighted by molar-refractivity contribution is 5.70. The maximum Gasteiger partial charge on any atom is 0.305 e. The number of hydrogen-bond acceptors (Lipinski definition) is 7. The predicted molar refractivity (Wildman–Crippen MR) is 85.9 cm³/mol. The third-order valence-electron chi connectivity index (χ3n) is 2.50. The molecule has 0 saturated heterocycles. The average Bonchev–Trinajstić information content (AvgIpc) is 2.50. The molecular weight excluding hydrogens is 304 g/mol. The summed E-state index contributed by atoms with van der Waals surface area (Å²) in [6.07, 6.45) is 1.51. The van der Waals surface area contributed by atoms with Gasteiger partial charge >= 0.3 is 11.9 Å². The molecule has 0 heterocycles. The zero-order valence-corrected chi connectivity index (χ0v) is 14.7. The summed E-state index contributed by atoms with van der Waals surface area (Å²) in [7, 11) is 0. The quantitative estimate of drug-likeness (QED) is 0.435. The van der Waals surface area contributed by atoms with Crippen molar-refractivity contribution >= 4 is 11.9 Å². The Morgan fingerprint density at radius 2 is 1.39 bits per heavy atom. The maximum atomic E-state index is 10.9. The van der Waals surface area contributed by atoms with E-state index in [9.17, 15) is 9.59 Å². The van der Waals surface area contributed by atoms with Crippen molar-refractivity contribution in [2.24, 2.45) is 0 Å². The number of carbonyl (C=O) groups is 2. The predicted octanol–water partition coefficient (Wildman–Crippen LogP) is 1.44. The van der Waals surface area contributed by atoms with Gasteiger partial charge in [0.05, 0.1) is 38.6 Å². The highest BCUT2D eigenvalue weighted by Gasteiger charge is 2.04. The summed E-state index contributed by atoms with van der Waals surface area (Å²) < 4.78 is 14.4. The Labute approximate surface area is 138 Å². The van der Waals surface area contributed by atoms with Gasteiger partial charge in [-0.2, -0.15) is 0 Å². The second-order valence-electron chi connectivity index (χ2n) is 4.99. The molecule has 23 heavy (non-hydrogen) atoms. The summed E-state index contributed by atoms with van der Waals surface area (Å²) in [6.45, 7) is 8.07. The molecule has 0 aliphatic carbocycles. The molecule has 138 valence electrons. The van der Waals surface area contributed by atoms with Gasteiger partial charge in [-0.25, -0.2) is 0 Å². The summed E-state index contributed by atoms with van der Waals surface area (Å²) in [4.78, 5) is 21.8. The number of hydrogen-bond donors (Lipinski definition) is 2. The lowest BCUT2D eigenvalue weighted by atomic mass is 10.2. The van der Waals surface area contributed by atoms with E-state index in [1.54, 1.807) is 27.7 Å². The summed E-state index contributed by atoms with van der Waals surface area (Å²) >= 11 is 0. The molecule has 2 unspecified atom stereocenters. The lowest BCUT2D eigenvalue weighted by Crippen LogP contribution is -2.19. The fraction of sp³-hybridized carbons (Fsp3) is 0.875. The van der Waals surface area contributed by atoms with Crippen LogP contribution in [0.25, 0.3) is 0 Å². The molecule has 0 amide bonds. The van der Waals surface area contributed by atoms with Crippen molar-refractivity contribution in [3.63, 3.8) is 0 Å². The molecule has 7 heteroatoms. The van der Waals surface area contributed by atoms with Crippen molar-refractivity contribution in [2.75, 3.05) is 26.4 Å². The minimum Gasteiger partial charge on any atom is -0.466 e. The molecule has 0 aliphatic rings. The van der Waals surface area contributed by atoms with E-state index in [0.717, 1.165) is 0 Å².